The Morgan fingerprint density at radius 3 is 2.27 bits per heavy atom. The first-order valence-electron chi connectivity index (χ1n) is 9.05. The monoisotopic (exact) mass is 360 g/mol. The molecular formula is C20H28N2O4. The predicted octanol–water partition coefficient (Wildman–Crippen LogP) is 2.54. The zero-order chi connectivity index (χ0) is 19.4. The number of rotatable bonds is 6. The van der Waals surface area contributed by atoms with Crippen LogP contribution >= 0.6 is 0 Å². The highest BCUT2D eigenvalue weighted by Gasteiger charge is 2.36. The Morgan fingerprint density at radius 1 is 1.15 bits per heavy atom. The van der Waals surface area contributed by atoms with Crippen LogP contribution in [0, 0.1) is 12.8 Å². The van der Waals surface area contributed by atoms with Gasteiger partial charge < -0.3 is 14.5 Å². The Morgan fingerprint density at radius 2 is 1.73 bits per heavy atom. The molecule has 2 rings (SSSR count). The number of ether oxygens (including phenoxy) is 1. The summed E-state index contributed by atoms with van der Waals surface area (Å²) in [7, 11) is 0. The summed E-state index contributed by atoms with van der Waals surface area (Å²) in [5, 5.41) is 0. The van der Waals surface area contributed by atoms with Gasteiger partial charge in [-0.1, -0.05) is 17.7 Å². The molecule has 26 heavy (non-hydrogen) atoms. The lowest BCUT2D eigenvalue weighted by Gasteiger charge is -2.30. The molecule has 0 saturated carbocycles. The first kappa shape index (κ1) is 19.9. The Labute approximate surface area is 155 Å². The molecule has 0 aliphatic carbocycles. The molecule has 0 N–H and O–H groups in total. The minimum atomic E-state index is -0.539. The number of benzene rings is 1. The maximum atomic E-state index is 12.3. The van der Waals surface area contributed by atoms with E-state index in [0.717, 1.165) is 11.3 Å². The van der Waals surface area contributed by atoms with Crippen molar-refractivity contribution in [3.8, 4) is 0 Å². The van der Waals surface area contributed by atoms with Crippen LogP contribution in [0.15, 0.2) is 24.3 Å². The Kier molecular flexibility index (Phi) is 6.40. The third-order valence-corrected chi connectivity index (χ3v) is 4.54. The second kappa shape index (κ2) is 8.34. The van der Waals surface area contributed by atoms with E-state index in [1.54, 1.807) is 9.80 Å². The molecular weight excluding hydrogens is 332 g/mol. The lowest BCUT2D eigenvalue weighted by molar-refractivity contribution is -0.156. The number of esters is 1. The molecule has 0 spiro atoms. The van der Waals surface area contributed by atoms with Crippen molar-refractivity contribution in [1.82, 2.24) is 4.90 Å². The fourth-order valence-electron chi connectivity index (χ4n) is 3.34. The Balaban J connectivity index is 1.93. The van der Waals surface area contributed by atoms with Crippen molar-refractivity contribution in [2.45, 2.75) is 53.1 Å². The fourth-order valence-corrected chi connectivity index (χ4v) is 3.34. The standard InChI is InChI=1S/C20H28N2O4/c1-13(2)22(14(3)4)19(24)12-26-20(25)16-10-18(23)21(11-16)17-8-6-15(5)7-9-17/h6-9,13-14,16H,10-12H2,1-5H3/t16-/m1/s1. The molecule has 1 fully saturated rings. The van der Waals surface area contributed by atoms with Crippen LogP contribution in [0.25, 0.3) is 0 Å². The van der Waals surface area contributed by atoms with Crippen molar-refractivity contribution >= 4 is 23.5 Å². The molecule has 1 aliphatic heterocycles. The molecule has 0 bridgehead atoms. The maximum Gasteiger partial charge on any atom is 0.311 e. The van der Waals surface area contributed by atoms with Gasteiger partial charge in [0.1, 0.15) is 0 Å². The lowest BCUT2D eigenvalue weighted by atomic mass is 10.1. The average Bonchev–Trinajstić information content (AvgIpc) is 2.94. The first-order chi connectivity index (χ1) is 12.2. The van der Waals surface area contributed by atoms with Crippen molar-refractivity contribution in [1.29, 1.82) is 0 Å². The van der Waals surface area contributed by atoms with Crippen molar-refractivity contribution < 1.29 is 19.1 Å². The summed E-state index contributed by atoms with van der Waals surface area (Å²) in [6, 6.07) is 7.66. The van der Waals surface area contributed by atoms with Gasteiger partial charge in [-0.15, -0.1) is 0 Å². The third-order valence-electron chi connectivity index (χ3n) is 4.54. The Hall–Kier alpha value is -2.37. The summed E-state index contributed by atoms with van der Waals surface area (Å²) in [6.07, 6.45) is 0.110. The molecule has 1 heterocycles. The first-order valence-corrected chi connectivity index (χ1v) is 9.05. The number of anilines is 1. The molecule has 142 valence electrons. The summed E-state index contributed by atoms with van der Waals surface area (Å²) in [6.45, 7) is 9.68. The molecule has 2 amide bonds. The second-order valence-electron chi connectivity index (χ2n) is 7.34. The Bertz CT molecular complexity index is 659. The van der Waals surface area contributed by atoms with E-state index in [9.17, 15) is 14.4 Å². The van der Waals surface area contributed by atoms with Crippen molar-refractivity contribution in [2.75, 3.05) is 18.1 Å². The van der Waals surface area contributed by atoms with Gasteiger partial charge in [-0.05, 0) is 46.8 Å². The number of carbonyl (C=O) groups excluding carboxylic acids is 3. The van der Waals surface area contributed by atoms with E-state index >= 15 is 0 Å². The van der Waals surface area contributed by atoms with Crippen LogP contribution in [-0.2, 0) is 19.1 Å². The number of amides is 2. The van der Waals surface area contributed by atoms with Crippen molar-refractivity contribution in [2.24, 2.45) is 5.92 Å². The maximum absolute atomic E-state index is 12.3. The second-order valence-corrected chi connectivity index (χ2v) is 7.34. The van der Waals surface area contributed by atoms with Gasteiger partial charge in [0.25, 0.3) is 5.91 Å². The van der Waals surface area contributed by atoms with Crippen molar-refractivity contribution in [3.63, 3.8) is 0 Å². The molecule has 0 radical (unpaired) electrons. The van der Waals surface area contributed by atoms with Gasteiger partial charge in [0.05, 0.1) is 5.92 Å². The largest absolute Gasteiger partial charge is 0.455 e. The van der Waals surface area contributed by atoms with Gasteiger partial charge in [-0.3, -0.25) is 14.4 Å². The van der Waals surface area contributed by atoms with E-state index in [1.807, 2.05) is 58.9 Å². The zero-order valence-corrected chi connectivity index (χ0v) is 16.2. The number of nitrogens with zero attached hydrogens (tertiary/aromatic N) is 2. The van der Waals surface area contributed by atoms with Crippen LogP contribution < -0.4 is 4.90 Å². The molecule has 6 nitrogen and oxygen atoms in total. The van der Waals surface area contributed by atoms with E-state index in [1.165, 1.54) is 0 Å². The SMILES string of the molecule is Cc1ccc(N2C[C@H](C(=O)OCC(=O)N(C(C)C)C(C)C)CC2=O)cc1. The van der Waals surface area contributed by atoms with Gasteiger partial charge >= 0.3 is 5.97 Å². The van der Waals surface area contributed by atoms with E-state index in [-0.39, 0.29) is 43.5 Å². The van der Waals surface area contributed by atoms with E-state index in [4.69, 9.17) is 4.74 Å². The van der Waals surface area contributed by atoms with Crippen LogP contribution in [-0.4, -0.2) is 47.9 Å². The summed E-state index contributed by atoms with van der Waals surface area (Å²) in [4.78, 5) is 40.1. The topological polar surface area (TPSA) is 66.9 Å². The molecule has 0 unspecified atom stereocenters. The summed E-state index contributed by atoms with van der Waals surface area (Å²) in [5.41, 5.74) is 1.88. The minimum absolute atomic E-state index is 0.0336. The smallest absolute Gasteiger partial charge is 0.311 e. The molecule has 0 aromatic heterocycles. The van der Waals surface area contributed by atoms with Crippen LogP contribution in [0.3, 0.4) is 0 Å². The fraction of sp³-hybridized carbons (Fsp3) is 0.550. The number of carbonyl (C=O) groups is 3. The predicted molar refractivity (Wildman–Crippen MR) is 99.7 cm³/mol. The molecule has 6 heteroatoms. The number of hydrogen-bond acceptors (Lipinski definition) is 4. The molecule has 1 atom stereocenters. The molecule has 1 aromatic carbocycles. The highest BCUT2D eigenvalue weighted by molar-refractivity contribution is 5.99. The summed E-state index contributed by atoms with van der Waals surface area (Å²) < 4.78 is 5.21. The van der Waals surface area contributed by atoms with Crippen molar-refractivity contribution in [3.05, 3.63) is 29.8 Å². The molecule has 1 aliphatic rings. The number of hydrogen-bond donors (Lipinski definition) is 0. The summed E-state index contributed by atoms with van der Waals surface area (Å²) >= 11 is 0. The normalized spacial score (nSPS) is 17.1. The van der Waals surface area contributed by atoms with Gasteiger partial charge in [0.2, 0.25) is 5.91 Å². The average molecular weight is 360 g/mol. The highest BCUT2D eigenvalue weighted by atomic mass is 16.5. The van der Waals surface area contributed by atoms with E-state index in [2.05, 4.69) is 0 Å². The van der Waals surface area contributed by atoms with Crippen LogP contribution in [0.1, 0.15) is 39.7 Å². The molecule has 1 aromatic rings. The van der Waals surface area contributed by atoms with Gasteiger partial charge in [-0.25, -0.2) is 0 Å². The van der Waals surface area contributed by atoms with Gasteiger partial charge in [-0.2, -0.15) is 0 Å². The molecule has 1 saturated heterocycles. The van der Waals surface area contributed by atoms with Crippen LogP contribution in [0.5, 0.6) is 0 Å². The van der Waals surface area contributed by atoms with Gasteiger partial charge in [0, 0.05) is 30.7 Å². The minimum Gasteiger partial charge on any atom is -0.455 e. The lowest BCUT2D eigenvalue weighted by Crippen LogP contribution is -2.44. The zero-order valence-electron chi connectivity index (χ0n) is 16.2. The van der Waals surface area contributed by atoms with Crippen LogP contribution in [0.4, 0.5) is 5.69 Å². The highest BCUT2D eigenvalue weighted by Crippen LogP contribution is 2.26. The summed E-state index contributed by atoms with van der Waals surface area (Å²) in [5.74, 6) is -1.35. The number of aryl methyl sites for hydroxylation is 1. The van der Waals surface area contributed by atoms with E-state index < -0.39 is 11.9 Å². The van der Waals surface area contributed by atoms with Gasteiger partial charge in [0.15, 0.2) is 6.61 Å². The van der Waals surface area contributed by atoms with Crippen LogP contribution in [0.2, 0.25) is 0 Å². The quantitative estimate of drug-likeness (QED) is 0.731. The third kappa shape index (κ3) is 4.62. The van der Waals surface area contributed by atoms with E-state index in [0.29, 0.717) is 0 Å².